The molecule has 0 unspecified atom stereocenters. The van der Waals surface area contributed by atoms with Gasteiger partial charge in [-0.15, -0.1) is 0 Å². The predicted molar refractivity (Wildman–Crippen MR) is 68.1 cm³/mol. The van der Waals surface area contributed by atoms with Crippen LogP contribution in [0.2, 0.25) is 0 Å². The van der Waals surface area contributed by atoms with Crippen LogP contribution in [0, 0.1) is 0 Å². The molecule has 3 heteroatoms. The van der Waals surface area contributed by atoms with E-state index in [2.05, 4.69) is 11.8 Å². The van der Waals surface area contributed by atoms with Gasteiger partial charge in [0.15, 0.2) is 0 Å². The fourth-order valence-corrected chi connectivity index (χ4v) is 2.50. The minimum atomic E-state index is 0.637. The minimum Gasteiger partial charge on any atom is -0.474 e. The van der Waals surface area contributed by atoms with Gasteiger partial charge < -0.3 is 9.64 Å². The summed E-state index contributed by atoms with van der Waals surface area (Å²) in [5.41, 5.74) is 0. The maximum Gasteiger partial charge on any atom is 0.259 e. The summed E-state index contributed by atoms with van der Waals surface area (Å²) in [6, 6.07) is 0.637. The van der Waals surface area contributed by atoms with E-state index >= 15 is 0 Å². The first kappa shape index (κ1) is 12.8. The van der Waals surface area contributed by atoms with Crippen LogP contribution < -0.4 is 0 Å². The quantitative estimate of drug-likeness (QED) is 0.686. The molecule has 0 N–H and O–H groups in total. The number of ether oxygens (including phenoxy) is 1. The van der Waals surface area contributed by atoms with Crippen molar-refractivity contribution in [1.82, 2.24) is 4.90 Å². The zero-order valence-electron chi connectivity index (χ0n) is 10.00. The van der Waals surface area contributed by atoms with Gasteiger partial charge in [0, 0.05) is 12.6 Å². The summed E-state index contributed by atoms with van der Waals surface area (Å²) in [4.78, 5) is 2.30. The van der Waals surface area contributed by atoms with E-state index in [-0.39, 0.29) is 0 Å². The molecule has 0 aromatic heterocycles. The molecule has 1 aliphatic rings. The monoisotopic (exact) mass is 229 g/mol. The fraction of sp³-hybridized carbons (Fsp3) is 0.917. The standard InChI is InChI=1S/C12H23NOS/c1-3-4-10-13(12(15)14-2)11-8-6-5-7-9-11/h11H,3-10H2,1-2H3. The maximum absolute atomic E-state index is 5.27. The third-order valence-electron chi connectivity index (χ3n) is 3.18. The predicted octanol–water partition coefficient (Wildman–Crippen LogP) is 3.35. The zero-order valence-corrected chi connectivity index (χ0v) is 10.8. The van der Waals surface area contributed by atoms with E-state index in [1.807, 2.05) is 0 Å². The van der Waals surface area contributed by atoms with Gasteiger partial charge in [-0.1, -0.05) is 32.6 Å². The normalized spacial score (nSPS) is 17.5. The van der Waals surface area contributed by atoms with Crippen LogP contribution in [0.3, 0.4) is 0 Å². The van der Waals surface area contributed by atoms with E-state index < -0.39 is 0 Å². The van der Waals surface area contributed by atoms with Crippen molar-refractivity contribution in [3.63, 3.8) is 0 Å². The second kappa shape index (κ2) is 7.04. The average molecular weight is 229 g/mol. The Bertz CT molecular complexity index is 190. The minimum absolute atomic E-state index is 0.637. The van der Waals surface area contributed by atoms with Gasteiger partial charge in [-0.05, 0) is 31.5 Å². The van der Waals surface area contributed by atoms with Crippen molar-refractivity contribution in [3.8, 4) is 0 Å². The van der Waals surface area contributed by atoms with Crippen molar-refractivity contribution in [3.05, 3.63) is 0 Å². The summed E-state index contributed by atoms with van der Waals surface area (Å²) in [6.45, 7) is 3.28. The van der Waals surface area contributed by atoms with Gasteiger partial charge in [0.05, 0.1) is 7.11 Å². The summed E-state index contributed by atoms with van der Waals surface area (Å²) in [7, 11) is 1.68. The van der Waals surface area contributed by atoms with E-state index in [4.69, 9.17) is 17.0 Å². The van der Waals surface area contributed by atoms with Crippen molar-refractivity contribution in [2.24, 2.45) is 0 Å². The van der Waals surface area contributed by atoms with Gasteiger partial charge in [0.25, 0.3) is 5.17 Å². The first-order valence-corrected chi connectivity index (χ1v) is 6.55. The Labute approximate surface area is 99.0 Å². The molecule has 0 bridgehead atoms. The number of rotatable bonds is 4. The molecule has 0 atom stereocenters. The summed E-state index contributed by atoms with van der Waals surface area (Å²) in [6.07, 6.45) is 9.08. The van der Waals surface area contributed by atoms with E-state index in [1.165, 1.54) is 44.9 Å². The lowest BCUT2D eigenvalue weighted by atomic mass is 9.94. The van der Waals surface area contributed by atoms with Crippen LogP contribution in [0.4, 0.5) is 0 Å². The van der Waals surface area contributed by atoms with Crippen molar-refractivity contribution < 1.29 is 4.74 Å². The smallest absolute Gasteiger partial charge is 0.259 e. The van der Waals surface area contributed by atoms with Gasteiger partial charge in [-0.25, -0.2) is 0 Å². The van der Waals surface area contributed by atoms with Crippen LogP contribution in [0.15, 0.2) is 0 Å². The summed E-state index contributed by atoms with van der Waals surface area (Å²) >= 11 is 5.27. The van der Waals surface area contributed by atoms with Crippen LogP contribution in [0.1, 0.15) is 51.9 Å². The molecule has 2 nitrogen and oxygen atoms in total. The van der Waals surface area contributed by atoms with E-state index in [1.54, 1.807) is 7.11 Å². The first-order chi connectivity index (χ1) is 7.29. The van der Waals surface area contributed by atoms with Crippen LogP contribution in [-0.4, -0.2) is 29.8 Å². The summed E-state index contributed by atoms with van der Waals surface area (Å²) in [5, 5.41) is 0.690. The second-order valence-corrected chi connectivity index (χ2v) is 4.66. The Morgan fingerprint density at radius 3 is 2.53 bits per heavy atom. The largest absolute Gasteiger partial charge is 0.474 e. The van der Waals surface area contributed by atoms with Gasteiger partial charge >= 0.3 is 0 Å². The van der Waals surface area contributed by atoms with Gasteiger partial charge in [0.1, 0.15) is 0 Å². The average Bonchev–Trinajstić information content (AvgIpc) is 2.30. The highest BCUT2D eigenvalue weighted by atomic mass is 32.1. The third-order valence-corrected chi connectivity index (χ3v) is 3.58. The Morgan fingerprint density at radius 1 is 1.33 bits per heavy atom. The van der Waals surface area contributed by atoms with Crippen LogP contribution in [0.5, 0.6) is 0 Å². The lowest BCUT2D eigenvalue weighted by Gasteiger charge is -2.35. The highest BCUT2D eigenvalue weighted by Gasteiger charge is 2.22. The number of hydrogen-bond acceptors (Lipinski definition) is 2. The highest BCUT2D eigenvalue weighted by molar-refractivity contribution is 7.80. The molecule has 0 heterocycles. The molecule has 0 spiro atoms. The zero-order chi connectivity index (χ0) is 11.1. The van der Waals surface area contributed by atoms with Crippen molar-refractivity contribution >= 4 is 17.4 Å². The molecule has 0 aliphatic heterocycles. The van der Waals surface area contributed by atoms with E-state index in [0.717, 1.165) is 6.54 Å². The Hall–Kier alpha value is -0.310. The van der Waals surface area contributed by atoms with Crippen molar-refractivity contribution in [2.75, 3.05) is 13.7 Å². The van der Waals surface area contributed by atoms with Gasteiger partial charge in [-0.3, -0.25) is 0 Å². The van der Waals surface area contributed by atoms with Gasteiger partial charge in [0.2, 0.25) is 0 Å². The van der Waals surface area contributed by atoms with Crippen molar-refractivity contribution in [1.29, 1.82) is 0 Å². The summed E-state index contributed by atoms with van der Waals surface area (Å²) in [5.74, 6) is 0. The Morgan fingerprint density at radius 2 is 2.00 bits per heavy atom. The Kier molecular flexibility index (Phi) is 5.99. The van der Waals surface area contributed by atoms with Crippen LogP contribution in [-0.2, 0) is 4.74 Å². The lowest BCUT2D eigenvalue weighted by molar-refractivity contribution is 0.198. The topological polar surface area (TPSA) is 12.5 Å². The third kappa shape index (κ3) is 3.98. The molecule has 1 rings (SSSR count). The molecule has 0 amide bonds. The number of thiocarbonyl (C=S) groups is 1. The van der Waals surface area contributed by atoms with Crippen LogP contribution >= 0.6 is 12.2 Å². The molecule has 88 valence electrons. The SMILES string of the molecule is CCCCN(C(=S)OC)C1CCCCC1. The molecule has 15 heavy (non-hydrogen) atoms. The molecular formula is C12H23NOS. The molecule has 0 radical (unpaired) electrons. The lowest BCUT2D eigenvalue weighted by Crippen LogP contribution is -2.41. The molecular weight excluding hydrogens is 206 g/mol. The van der Waals surface area contributed by atoms with Gasteiger partial charge in [-0.2, -0.15) is 0 Å². The first-order valence-electron chi connectivity index (χ1n) is 6.14. The number of nitrogens with zero attached hydrogens (tertiary/aromatic N) is 1. The highest BCUT2D eigenvalue weighted by Crippen LogP contribution is 2.23. The molecule has 1 fully saturated rings. The van der Waals surface area contributed by atoms with Crippen molar-refractivity contribution in [2.45, 2.75) is 57.9 Å². The molecule has 0 aromatic rings. The number of unbranched alkanes of at least 4 members (excludes halogenated alkanes) is 1. The fourth-order valence-electron chi connectivity index (χ4n) is 2.26. The second-order valence-electron chi connectivity index (χ2n) is 4.31. The molecule has 1 aliphatic carbocycles. The molecule has 0 saturated heterocycles. The Balaban J connectivity index is 2.49. The van der Waals surface area contributed by atoms with E-state index in [0.29, 0.717) is 11.2 Å². The summed E-state index contributed by atoms with van der Waals surface area (Å²) < 4.78 is 5.22. The molecule has 1 saturated carbocycles. The number of hydrogen-bond donors (Lipinski definition) is 0. The maximum atomic E-state index is 5.27. The number of methoxy groups -OCH3 is 1. The van der Waals surface area contributed by atoms with Crippen LogP contribution in [0.25, 0.3) is 0 Å². The van der Waals surface area contributed by atoms with E-state index in [9.17, 15) is 0 Å². The molecule has 0 aromatic carbocycles.